The van der Waals surface area contributed by atoms with Crippen molar-refractivity contribution in [1.29, 1.82) is 5.26 Å². The largest absolute Gasteiger partial charge is 0.497 e. The topological polar surface area (TPSA) is 71.4 Å². The van der Waals surface area contributed by atoms with E-state index in [9.17, 15) is 10.1 Å². The highest BCUT2D eigenvalue weighted by Crippen LogP contribution is 2.46. The van der Waals surface area contributed by atoms with Crippen LogP contribution in [0.3, 0.4) is 0 Å². The van der Waals surface area contributed by atoms with Crippen LogP contribution in [0.25, 0.3) is 0 Å². The molecule has 1 atom stereocenters. The number of benzene rings is 1. The van der Waals surface area contributed by atoms with Crippen LogP contribution < -0.4 is 14.8 Å². The normalized spacial score (nSPS) is 17.2. The van der Waals surface area contributed by atoms with E-state index in [1.807, 2.05) is 18.2 Å². The van der Waals surface area contributed by atoms with Crippen molar-refractivity contribution in [2.45, 2.75) is 25.1 Å². The molecule has 0 saturated carbocycles. The molecule has 0 aromatic heterocycles. The van der Waals surface area contributed by atoms with E-state index in [4.69, 9.17) is 9.47 Å². The second kappa shape index (κ2) is 8.90. The van der Waals surface area contributed by atoms with Gasteiger partial charge in [-0.25, -0.2) is 0 Å². The Bertz CT molecular complexity index is 683. The van der Waals surface area contributed by atoms with Crippen molar-refractivity contribution in [1.82, 2.24) is 5.32 Å². The van der Waals surface area contributed by atoms with Crippen LogP contribution in [0, 0.1) is 11.3 Å². The maximum Gasteiger partial charge on any atom is 0.264 e. The molecule has 1 aromatic rings. The summed E-state index contributed by atoms with van der Waals surface area (Å²) < 4.78 is 11.4. The fraction of sp³-hybridized carbons (Fsp3) is 0.412. The Labute approximate surface area is 150 Å². The number of ether oxygens (including phenoxy) is 2. The number of nitriles is 1. The van der Waals surface area contributed by atoms with E-state index < -0.39 is 0 Å². The Morgan fingerprint density at radius 3 is 2.79 bits per heavy atom. The van der Waals surface area contributed by atoms with Gasteiger partial charge in [-0.1, -0.05) is 25.1 Å². The fourth-order valence-electron chi connectivity index (χ4n) is 2.17. The van der Waals surface area contributed by atoms with Crippen LogP contribution in [0.2, 0.25) is 0 Å². The van der Waals surface area contributed by atoms with E-state index in [-0.39, 0.29) is 16.9 Å². The van der Waals surface area contributed by atoms with Crippen LogP contribution in [0.15, 0.2) is 28.0 Å². The molecule has 0 radical (unpaired) electrons. The van der Waals surface area contributed by atoms with Gasteiger partial charge in [-0.3, -0.25) is 4.79 Å². The number of methoxy groups -OCH3 is 2. The third kappa shape index (κ3) is 4.19. The molecule has 0 aliphatic carbocycles. The van der Waals surface area contributed by atoms with Crippen LogP contribution in [-0.4, -0.2) is 25.9 Å². The predicted molar refractivity (Wildman–Crippen MR) is 98.0 cm³/mol. The number of hydrogen-bond donors (Lipinski definition) is 1. The van der Waals surface area contributed by atoms with Gasteiger partial charge in [0.15, 0.2) is 0 Å². The Morgan fingerprint density at radius 1 is 1.38 bits per heavy atom. The number of nitrogens with one attached hydrogen (secondary N) is 1. The number of hydrogen-bond acceptors (Lipinski definition) is 6. The summed E-state index contributed by atoms with van der Waals surface area (Å²) in [5.41, 5.74) is 1.05. The lowest BCUT2D eigenvalue weighted by molar-refractivity contribution is -0.117. The molecule has 24 heavy (non-hydrogen) atoms. The number of nitrogens with zero attached hydrogens (tertiary/aromatic N) is 1. The molecule has 2 rings (SSSR count). The number of rotatable bonds is 7. The molecular formula is C17H20N2O3S2. The Hall–Kier alpha value is -1.78. The molecule has 0 saturated heterocycles. The number of unbranched alkanes of at least 4 members (excludes halogenated alkanes) is 1. The summed E-state index contributed by atoms with van der Waals surface area (Å²) in [5, 5.41) is 11.9. The van der Waals surface area contributed by atoms with Crippen molar-refractivity contribution in [2.75, 3.05) is 20.0 Å². The SMILES string of the molecule is CCCCSC1=C(C#N)C(=O)NC(c2ccc(OC)cc2OC)S1. The zero-order chi connectivity index (χ0) is 17.5. The van der Waals surface area contributed by atoms with E-state index in [0.29, 0.717) is 11.5 Å². The Balaban J connectivity index is 2.29. The molecule has 1 aliphatic heterocycles. The summed E-state index contributed by atoms with van der Waals surface area (Å²) in [6.45, 7) is 2.12. The first-order chi connectivity index (χ1) is 11.6. The minimum Gasteiger partial charge on any atom is -0.497 e. The second-order valence-electron chi connectivity index (χ2n) is 5.06. The van der Waals surface area contributed by atoms with Gasteiger partial charge in [0.1, 0.15) is 28.5 Å². The predicted octanol–water partition coefficient (Wildman–Crippen LogP) is 3.83. The van der Waals surface area contributed by atoms with Crippen LogP contribution in [0.5, 0.6) is 11.5 Å². The quantitative estimate of drug-likeness (QED) is 0.741. The third-order valence-corrected chi connectivity index (χ3v) is 6.11. The van der Waals surface area contributed by atoms with E-state index >= 15 is 0 Å². The van der Waals surface area contributed by atoms with Crippen LogP contribution in [0.4, 0.5) is 0 Å². The molecule has 0 fully saturated rings. The molecule has 1 N–H and O–H groups in total. The number of amides is 1. The first-order valence-corrected chi connectivity index (χ1v) is 9.47. The zero-order valence-corrected chi connectivity index (χ0v) is 15.6. The van der Waals surface area contributed by atoms with Gasteiger partial charge in [0.2, 0.25) is 0 Å². The van der Waals surface area contributed by atoms with Crippen LogP contribution >= 0.6 is 23.5 Å². The lowest BCUT2D eigenvalue weighted by Crippen LogP contribution is -2.31. The molecule has 0 spiro atoms. The first kappa shape index (κ1) is 18.6. The highest BCUT2D eigenvalue weighted by Gasteiger charge is 2.30. The Morgan fingerprint density at radius 2 is 2.17 bits per heavy atom. The maximum atomic E-state index is 12.3. The lowest BCUT2D eigenvalue weighted by atomic mass is 10.1. The van der Waals surface area contributed by atoms with Crippen LogP contribution in [0.1, 0.15) is 30.7 Å². The van der Waals surface area contributed by atoms with Gasteiger partial charge in [0.25, 0.3) is 5.91 Å². The smallest absolute Gasteiger partial charge is 0.264 e. The van der Waals surface area contributed by atoms with E-state index in [0.717, 1.165) is 28.4 Å². The van der Waals surface area contributed by atoms with Gasteiger partial charge in [0, 0.05) is 11.6 Å². The number of carbonyl (C=O) groups excluding carboxylic acids is 1. The summed E-state index contributed by atoms with van der Waals surface area (Å²) in [7, 11) is 3.18. The van der Waals surface area contributed by atoms with Gasteiger partial charge in [0.05, 0.1) is 18.5 Å². The monoisotopic (exact) mass is 364 g/mol. The molecule has 0 bridgehead atoms. The summed E-state index contributed by atoms with van der Waals surface area (Å²) in [6, 6.07) is 7.52. The molecule has 1 aromatic carbocycles. The van der Waals surface area contributed by atoms with Crippen LogP contribution in [-0.2, 0) is 4.79 Å². The lowest BCUT2D eigenvalue weighted by Gasteiger charge is -2.26. The molecule has 1 amide bonds. The standard InChI is InChI=1S/C17H20N2O3S2/c1-4-5-8-23-17-13(10-18)15(20)19-16(24-17)12-7-6-11(21-2)9-14(12)22-3/h6-7,9,16H,4-5,8H2,1-3H3,(H,19,20). The Kier molecular flexibility index (Phi) is 6.88. The molecular weight excluding hydrogens is 344 g/mol. The number of carbonyl (C=O) groups is 1. The van der Waals surface area contributed by atoms with Crippen molar-refractivity contribution in [3.05, 3.63) is 33.6 Å². The summed E-state index contributed by atoms with van der Waals surface area (Å²) in [6.07, 6.45) is 2.13. The van der Waals surface area contributed by atoms with E-state index in [1.54, 1.807) is 32.0 Å². The maximum absolute atomic E-state index is 12.3. The average molecular weight is 364 g/mol. The van der Waals surface area contributed by atoms with Gasteiger partial charge in [-0.15, -0.1) is 11.8 Å². The van der Waals surface area contributed by atoms with Crippen molar-refractivity contribution in [3.63, 3.8) is 0 Å². The highest BCUT2D eigenvalue weighted by molar-refractivity contribution is 8.22. The van der Waals surface area contributed by atoms with Gasteiger partial charge < -0.3 is 14.8 Å². The zero-order valence-electron chi connectivity index (χ0n) is 13.9. The van der Waals surface area contributed by atoms with Gasteiger partial charge in [-0.2, -0.15) is 5.26 Å². The summed E-state index contributed by atoms with van der Waals surface area (Å²) in [5.74, 6) is 1.89. The van der Waals surface area contributed by atoms with Crippen molar-refractivity contribution in [2.24, 2.45) is 0 Å². The molecule has 1 aliphatic rings. The van der Waals surface area contributed by atoms with Crippen molar-refractivity contribution >= 4 is 29.4 Å². The molecule has 5 nitrogen and oxygen atoms in total. The average Bonchev–Trinajstić information content (AvgIpc) is 2.61. The van der Waals surface area contributed by atoms with Gasteiger partial charge >= 0.3 is 0 Å². The van der Waals surface area contributed by atoms with Gasteiger partial charge in [-0.05, 0) is 24.3 Å². The van der Waals surface area contributed by atoms with Crippen molar-refractivity contribution in [3.8, 4) is 17.6 Å². The number of thioether (sulfide) groups is 2. The van der Waals surface area contributed by atoms with E-state index in [2.05, 4.69) is 12.2 Å². The molecule has 1 unspecified atom stereocenters. The first-order valence-electron chi connectivity index (χ1n) is 7.61. The minimum atomic E-state index is -0.335. The molecule has 128 valence electrons. The van der Waals surface area contributed by atoms with E-state index in [1.165, 1.54) is 11.8 Å². The third-order valence-electron chi connectivity index (χ3n) is 3.48. The summed E-state index contributed by atoms with van der Waals surface area (Å²) in [4.78, 5) is 12.3. The highest BCUT2D eigenvalue weighted by atomic mass is 32.2. The fourth-order valence-corrected chi connectivity index (χ4v) is 4.84. The second-order valence-corrected chi connectivity index (χ2v) is 7.53. The minimum absolute atomic E-state index is 0.199. The summed E-state index contributed by atoms with van der Waals surface area (Å²) >= 11 is 3.05. The molecule has 7 heteroatoms. The molecule has 1 heterocycles. The van der Waals surface area contributed by atoms with Crippen molar-refractivity contribution < 1.29 is 14.3 Å².